The van der Waals surface area contributed by atoms with Gasteiger partial charge < -0.3 is 10.3 Å². The molecule has 0 aliphatic carbocycles. The zero-order valence-corrected chi connectivity index (χ0v) is 19.7. The van der Waals surface area contributed by atoms with Crippen LogP contribution in [-0.4, -0.2) is 38.5 Å². The normalized spacial score (nSPS) is 12.0. The molecule has 1 amide bonds. The number of carbonyl (C=O) groups is 1. The number of aromatic amines is 1. The Morgan fingerprint density at radius 2 is 1.74 bits per heavy atom. The fraction of sp³-hybridized carbons (Fsp3) is 0.259. The van der Waals surface area contributed by atoms with Gasteiger partial charge in [-0.05, 0) is 72.5 Å². The van der Waals surface area contributed by atoms with Gasteiger partial charge in [0.15, 0.2) is 0 Å². The van der Waals surface area contributed by atoms with Gasteiger partial charge in [-0.2, -0.15) is 0 Å². The average molecular weight is 476 g/mol. The van der Waals surface area contributed by atoms with Crippen molar-refractivity contribution in [2.45, 2.75) is 33.2 Å². The van der Waals surface area contributed by atoms with Gasteiger partial charge in [0.1, 0.15) is 17.2 Å². The van der Waals surface area contributed by atoms with Crippen molar-refractivity contribution in [3.63, 3.8) is 0 Å². The Labute approximate surface area is 202 Å². The van der Waals surface area contributed by atoms with E-state index in [9.17, 15) is 13.6 Å². The summed E-state index contributed by atoms with van der Waals surface area (Å²) in [5, 5.41) is 19.0. The molecule has 0 spiro atoms. The Bertz CT molecular complexity index is 1350. The van der Waals surface area contributed by atoms with Crippen molar-refractivity contribution < 1.29 is 13.6 Å². The summed E-state index contributed by atoms with van der Waals surface area (Å²) in [7, 11) is 0. The van der Waals surface area contributed by atoms with Gasteiger partial charge in [0.2, 0.25) is 0 Å². The number of H-pyrrole nitrogens is 1. The molecular formula is C27H27F2N5O. The number of amides is 1. The number of aromatic nitrogens is 3. The molecule has 6 nitrogen and oxygen atoms in total. The van der Waals surface area contributed by atoms with E-state index in [0.29, 0.717) is 35.2 Å². The minimum Gasteiger partial charge on any atom is -0.334 e. The van der Waals surface area contributed by atoms with Crippen molar-refractivity contribution in [3.8, 4) is 11.1 Å². The van der Waals surface area contributed by atoms with Gasteiger partial charge in [-0.15, -0.1) is 5.10 Å². The maximum absolute atomic E-state index is 15.0. The van der Waals surface area contributed by atoms with Gasteiger partial charge in [-0.1, -0.05) is 31.2 Å². The molecular weight excluding hydrogens is 448 g/mol. The number of nitrogens with zero attached hydrogens (tertiary/aromatic N) is 3. The van der Waals surface area contributed by atoms with Crippen LogP contribution >= 0.6 is 0 Å². The van der Waals surface area contributed by atoms with Crippen LogP contribution in [0.3, 0.4) is 0 Å². The van der Waals surface area contributed by atoms with Crippen molar-refractivity contribution in [3.05, 3.63) is 83.4 Å². The summed E-state index contributed by atoms with van der Waals surface area (Å²) in [5.41, 5.74) is 4.35. The summed E-state index contributed by atoms with van der Waals surface area (Å²) in [6, 6.07) is 15.8. The van der Waals surface area contributed by atoms with Gasteiger partial charge in [-0.3, -0.25) is 9.89 Å². The molecule has 0 saturated heterocycles. The van der Waals surface area contributed by atoms with Gasteiger partial charge >= 0.3 is 0 Å². The quantitative estimate of drug-likeness (QED) is 0.291. The lowest BCUT2D eigenvalue weighted by molar-refractivity contribution is 0.0726. The minimum absolute atomic E-state index is 0.0234. The first-order valence-electron chi connectivity index (χ1n) is 11.6. The zero-order chi connectivity index (χ0) is 24.9. The number of hydrogen-bond acceptors (Lipinski definition) is 4. The van der Waals surface area contributed by atoms with Crippen LogP contribution in [0.1, 0.15) is 42.6 Å². The van der Waals surface area contributed by atoms with Crippen LogP contribution in [0.5, 0.6) is 0 Å². The Kier molecular flexibility index (Phi) is 7.29. The molecule has 0 saturated carbocycles. The van der Waals surface area contributed by atoms with Crippen LogP contribution in [-0.2, 0) is 6.54 Å². The molecule has 0 bridgehead atoms. The smallest absolute Gasteiger partial charge is 0.254 e. The molecule has 0 aliphatic heterocycles. The highest BCUT2D eigenvalue weighted by molar-refractivity contribution is 5.94. The average Bonchev–Trinajstić information content (AvgIpc) is 3.35. The molecule has 1 atom stereocenters. The number of fused-ring (bicyclic) bond motifs is 1. The molecule has 180 valence electrons. The van der Waals surface area contributed by atoms with Crippen LogP contribution in [0.2, 0.25) is 0 Å². The van der Waals surface area contributed by atoms with Crippen molar-refractivity contribution >= 4 is 22.7 Å². The molecule has 8 heteroatoms. The summed E-state index contributed by atoms with van der Waals surface area (Å²) in [4.78, 5) is 14.9. The molecule has 0 fully saturated rings. The van der Waals surface area contributed by atoms with Crippen LogP contribution in [0.15, 0.2) is 60.7 Å². The first kappa shape index (κ1) is 24.2. The Morgan fingerprint density at radius 3 is 2.46 bits per heavy atom. The second-order valence-electron chi connectivity index (χ2n) is 8.53. The van der Waals surface area contributed by atoms with Gasteiger partial charge in [0.25, 0.3) is 5.91 Å². The molecule has 1 aromatic heterocycles. The molecule has 0 unspecified atom stereocenters. The lowest BCUT2D eigenvalue weighted by atomic mass is 9.96. The Balaban J connectivity index is 1.68. The summed E-state index contributed by atoms with van der Waals surface area (Å²) >= 11 is 0. The second kappa shape index (κ2) is 10.5. The maximum Gasteiger partial charge on any atom is 0.254 e. The van der Waals surface area contributed by atoms with Crippen molar-refractivity contribution in [2.24, 2.45) is 5.92 Å². The number of hydrogen-bond donors (Lipinski definition) is 2. The number of nitrogens with one attached hydrogen (secondary N) is 2. The van der Waals surface area contributed by atoms with Crippen molar-refractivity contribution in [1.82, 2.24) is 20.3 Å². The lowest BCUT2D eigenvalue weighted by Gasteiger charge is -2.28. The minimum atomic E-state index is -0.435. The highest BCUT2D eigenvalue weighted by Gasteiger charge is 2.23. The zero-order valence-electron chi connectivity index (χ0n) is 19.7. The Morgan fingerprint density at radius 1 is 1.03 bits per heavy atom. The fourth-order valence-corrected chi connectivity index (χ4v) is 4.14. The first-order valence-corrected chi connectivity index (χ1v) is 11.6. The van der Waals surface area contributed by atoms with E-state index >= 15 is 0 Å². The predicted octanol–water partition coefficient (Wildman–Crippen LogP) is 6.00. The van der Waals surface area contributed by atoms with E-state index in [0.717, 1.165) is 16.6 Å². The third kappa shape index (κ3) is 5.42. The molecule has 4 rings (SSSR count). The van der Waals surface area contributed by atoms with Gasteiger partial charge in [0.05, 0.1) is 5.52 Å². The lowest BCUT2D eigenvalue weighted by Crippen LogP contribution is -2.37. The SMILES string of the molecule is CCC(=N)[C@@H](CC)CN(Cc1cc(-c2ccc3[nH]nnc3c2)ccc1F)C(=O)c1ccc(F)cc1. The maximum atomic E-state index is 15.0. The van der Waals surface area contributed by atoms with E-state index in [4.69, 9.17) is 5.41 Å². The molecule has 4 aromatic rings. The van der Waals surface area contributed by atoms with Crippen LogP contribution in [0.25, 0.3) is 22.2 Å². The summed E-state index contributed by atoms with van der Waals surface area (Å²) in [6.45, 7) is 4.17. The van der Waals surface area contributed by atoms with E-state index in [1.165, 1.54) is 30.3 Å². The Hall–Kier alpha value is -3.94. The number of benzene rings is 3. The first-order chi connectivity index (χ1) is 16.9. The van der Waals surface area contributed by atoms with E-state index in [-0.39, 0.29) is 24.9 Å². The van der Waals surface area contributed by atoms with Gasteiger partial charge in [-0.25, -0.2) is 8.78 Å². The summed E-state index contributed by atoms with van der Waals surface area (Å²) in [5.74, 6) is -1.34. The number of rotatable bonds is 9. The highest BCUT2D eigenvalue weighted by atomic mass is 19.1. The predicted molar refractivity (Wildman–Crippen MR) is 132 cm³/mol. The van der Waals surface area contributed by atoms with E-state index in [1.54, 1.807) is 17.0 Å². The topological polar surface area (TPSA) is 85.7 Å². The molecule has 0 radical (unpaired) electrons. The van der Waals surface area contributed by atoms with Gasteiger partial charge in [0, 0.05) is 35.8 Å². The highest BCUT2D eigenvalue weighted by Crippen LogP contribution is 2.26. The second-order valence-corrected chi connectivity index (χ2v) is 8.53. The molecule has 0 aliphatic rings. The number of halogens is 2. The largest absolute Gasteiger partial charge is 0.334 e. The van der Waals surface area contributed by atoms with E-state index in [1.807, 2.05) is 32.0 Å². The fourth-order valence-electron chi connectivity index (χ4n) is 4.14. The van der Waals surface area contributed by atoms with Crippen LogP contribution in [0.4, 0.5) is 8.78 Å². The van der Waals surface area contributed by atoms with Crippen LogP contribution < -0.4 is 0 Å². The molecule has 2 N–H and O–H groups in total. The third-order valence-corrected chi connectivity index (χ3v) is 6.25. The molecule has 3 aromatic carbocycles. The molecule has 35 heavy (non-hydrogen) atoms. The number of carbonyl (C=O) groups excluding carboxylic acids is 1. The van der Waals surface area contributed by atoms with Crippen molar-refractivity contribution in [2.75, 3.05) is 6.54 Å². The monoisotopic (exact) mass is 475 g/mol. The standard InChI is InChI=1S/C27H27F2N5O/c1-3-17(24(30)4-2)15-34(27(35)18-5-9-22(28)10-6-18)16-21-13-19(7-11-23(21)29)20-8-12-25-26(14-20)32-33-31-25/h5-14,17,30H,3-4,15-16H2,1-2H3,(H,31,32,33)/t17-/m0/s1. The summed E-state index contributed by atoms with van der Waals surface area (Å²) < 4.78 is 28.4. The molecule has 1 heterocycles. The third-order valence-electron chi connectivity index (χ3n) is 6.25. The van der Waals surface area contributed by atoms with E-state index in [2.05, 4.69) is 15.4 Å². The van der Waals surface area contributed by atoms with Crippen LogP contribution in [0, 0.1) is 23.0 Å². The van der Waals surface area contributed by atoms with Crippen molar-refractivity contribution in [1.29, 1.82) is 5.41 Å². The summed E-state index contributed by atoms with van der Waals surface area (Å²) in [6.07, 6.45) is 1.26. The van der Waals surface area contributed by atoms with E-state index < -0.39 is 11.6 Å².